The van der Waals surface area contributed by atoms with Crippen LogP contribution in [0.25, 0.3) is 0 Å². The summed E-state index contributed by atoms with van der Waals surface area (Å²) in [6.45, 7) is 1.56. The smallest absolute Gasteiger partial charge is 0.407 e. The van der Waals surface area contributed by atoms with E-state index in [2.05, 4.69) is 0 Å². The van der Waals surface area contributed by atoms with Crippen molar-refractivity contribution in [1.82, 2.24) is 9.80 Å². The molecule has 0 atom stereocenters. The summed E-state index contributed by atoms with van der Waals surface area (Å²) in [5.74, 6) is -0.0201. The molecule has 0 bridgehead atoms. The summed E-state index contributed by atoms with van der Waals surface area (Å²) in [5, 5.41) is 16.2. The Morgan fingerprint density at radius 2 is 1.62 bits per heavy atom. The average molecular weight is 290 g/mol. The molecule has 0 aromatic heterocycles. The number of amides is 2. The van der Waals surface area contributed by atoms with Gasteiger partial charge in [0.15, 0.2) is 0 Å². The summed E-state index contributed by atoms with van der Waals surface area (Å²) in [6.07, 6.45) is -0.674. The normalized spacial score (nSPS) is 14.9. The summed E-state index contributed by atoms with van der Waals surface area (Å²) < 4.78 is 0. The Morgan fingerprint density at radius 3 is 2.10 bits per heavy atom. The molecule has 1 aromatic carbocycles. The van der Waals surface area contributed by atoms with Crippen molar-refractivity contribution in [2.75, 3.05) is 26.2 Å². The minimum atomic E-state index is -0.943. The predicted molar refractivity (Wildman–Crippen MR) is 77.3 cm³/mol. The van der Waals surface area contributed by atoms with Gasteiger partial charge in [0.05, 0.1) is 6.42 Å². The van der Waals surface area contributed by atoms with Crippen LogP contribution in [0.15, 0.2) is 24.3 Å². The molecule has 1 aromatic rings. The molecule has 0 radical (unpaired) electrons. The van der Waals surface area contributed by atoms with Crippen LogP contribution < -0.4 is 5.73 Å². The van der Waals surface area contributed by atoms with E-state index < -0.39 is 6.09 Å². The molecule has 112 valence electrons. The fraction of sp³-hybridized carbons (Fsp3) is 0.357. The zero-order valence-electron chi connectivity index (χ0n) is 11.6. The monoisotopic (exact) mass is 290 g/mol. The van der Waals surface area contributed by atoms with Gasteiger partial charge >= 0.3 is 6.09 Å². The Bertz CT molecular complexity index is 548. The molecule has 0 unspecified atom stereocenters. The maximum atomic E-state index is 12.2. The fourth-order valence-electron chi connectivity index (χ4n) is 2.24. The van der Waals surface area contributed by atoms with Crippen molar-refractivity contribution in [3.05, 3.63) is 35.4 Å². The molecular weight excluding hydrogens is 272 g/mol. The van der Waals surface area contributed by atoms with Crippen molar-refractivity contribution < 1.29 is 14.7 Å². The second kappa shape index (κ2) is 6.25. The number of hydrogen-bond donors (Lipinski definition) is 3. The summed E-state index contributed by atoms with van der Waals surface area (Å²) in [7, 11) is 0. The number of hydrogen-bond acceptors (Lipinski definition) is 3. The molecule has 1 saturated heterocycles. The van der Waals surface area contributed by atoms with E-state index in [1.165, 1.54) is 4.90 Å². The maximum Gasteiger partial charge on any atom is 0.407 e. The highest BCUT2D eigenvalue weighted by molar-refractivity contribution is 5.95. The van der Waals surface area contributed by atoms with Crippen molar-refractivity contribution >= 4 is 17.8 Å². The van der Waals surface area contributed by atoms with E-state index in [9.17, 15) is 9.59 Å². The Kier molecular flexibility index (Phi) is 4.42. The first-order valence-corrected chi connectivity index (χ1v) is 6.66. The van der Waals surface area contributed by atoms with Gasteiger partial charge in [-0.3, -0.25) is 10.2 Å². The number of carbonyl (C=O) groups excluding carboxylic acids is 1. The SMILES string of the molecule is N=C(N)c1ccc(CC(=O)N2CCN(C(=O)O)CC2)cc1. The van der Waals surface area contributed by atoms with Crippen LogP contribution in [-0.4, -0.2) is 58.9 Å². The van der Waals surface area contributed by atoms with Gasteiger partial charge in [-0.05, 0) is 5.56 Å². The van der Waals surface area contributed by atoms with Crippen LogP contribution in [0, 0.1) is 5.41 Å². The van der Waals surface area contributed by atoms with E-state index in [0.717, 1.165) is 5.56 Å². The number of nitrogens with zero attached hydrogens (tertiary/aromatic N) is 2. The minimum Gasteiger partial charge on any atom is -0.465 e. The van der Waals surface area contributed by atoms with Gasteiger partial charge in [0.1, 0.15) is 5.84 Å². The summed E-state index contributed by atoms with van der Waals surface area (Å²) in [6, 6.07) is 6.99. The highest BCUT2D eigenvalue weighted by Gasteiger charge is 2.23. The molecule has 0 aliphatic carbocycles. The molecule has 1 fully saturated rings. The van der Waals surface area contributed by atoms with Crippen LogP contribution in [0.5, 0.6) is 0 Å². The van der Waals surface area contributed by atoms with Crippen LogP contribution >= 0.6 is 0 Å². The van der Waals surface area contributed by atoms with Gasteiger partial charge in [0.25, 0.3) is 0 Å². The topological polar surface area (TPSA) is 111 Å². The lowest BCUT2D eigenvalue weighted by molar-refractivity contribution is -0.132. The first kappa shape index (κ1) is 14.8. The third kappa shape index (κ3) is 3.71. The van der Waals surface area contributed by atoms with Crippen LogP contribution in [0.3, 0.4) is 0 Å². The highest BCUT2D eigenvalue weighted by atomic mass is 16.4. The largest absolute Gasteiger partial charge is 0.465 e. The molecule has 2 amide bonds. The fourth-order valence-corrected chi connectivity index (χ4v) is 2.24. The van der Waals surface area contributed by atoms with E-state index in [-0.39, 0.29) is 18.2 Å². The van der Waals surface area contributed by atoms with Crippen LogP contribution in [0.2, 0.25) is 0 Å². The molecule has 1 aliphatic rings. The molecule has 21 heavy (non-hydrogen) atoms. The predicted octanol–water partition coefficient (Wildman–Crippen LogP) is 0.335. The Balaban J connectivity index is 1.90. The molecule has 0 spiro atoms. The number of rotatable bonds is 3. The molecule has 1 heterocycles. The molecule has 7 heteroatoms. The summed E-state index contributed by atoms with van der Waals surface area (Å²) >= 11 is 0. The third-order valence-electron chi connectivity index (χ3n) is 3.52. The number of nitrogens with two attached hydrogens (primary N) is 1. The standard InChI is InChI=1S/C14H18N4O3/c15-13(16)11-3-1-10(2-4-11)9-12(19)17-5-7-18(8-6-17)14(20)21/h1-4H,5-9H2,(H3,15,16)(H,20,21). The van der Waals surface area contributed by atoms with Gasteiger partial charge in [-0.15, -0.1) is 0 Å². The molecule has 7 nitrogen and oxygen atoms in total. The average Bonchev–Trinajstić information content (AvgIpc) is 2.47. The second-order valence-electron chi connectivity index (χ2n) is 4.94. The Hall–Kier alpha value is -2.57. The van der Waals surface area contributed by atoms with Gasteiger partial charge in [-0.1, -0.05) is 24.3 Å². The van der Waals surface area contributed by atoms with Gasteiger partial charge < -0.3 is 20.6 Å². The van der Waals surface area contributed by atoms with Crippen molar-refractivity contribution in [1.29, 1.82) is 5.41 Å². The van der Waals surface area contributed by atoms with Crippen LogP contribution in [0.1, 0.15) is 11.1 Å². The highest BCUT2D eigenvalue weighted by Crippen LogP contribution is 2.09. The summed E-state index contributed by atoms with van der Waals surface area (Å²) in [4.78, 5) is 25.9. The Morgan fingerprint density at radius 1 is 1.10 bits per heavy atom. The van der Waals surface area contributed by atoms with Crippen molar-refractivity contribution in [3.63, 3.8) is 0 Å². The van der Waals surface area contributed by atoms with Crippen LogP contribution in [0.4, 0.5) is 4.79 Å². The second-order valence-corrected chi connectivity index (χ2v) is 4.94. The lowest BCUT2D eigenvalue weighted by Crippen LogP contribution is -2.50. The minimum absolute atomic E-state index is 0.00216. The third-order valence-corrected chi connectivity index (χ3v) is 3.52. The quantitative estimate of drug-likeness (QED) is 0.550. The maximum absolute atomic E-state index is 12.2. The number of piperazine rings is 1. The van der Waals surface area contributed by atoms with Crippen LogP contribution in [-0.2, 0) is 11.2 Å². The first-order valence-electron chi connectivity index (χ1n) is 6.66. The number of carboxylic acid groups (broad SMARTS) is 1. The summed E-state index contributed by atoms with van der Waals surface area (Å²) in [5.41, 5.74) is 6.85. The van der Waals surface area contributed by atoms with E-state index in [4.69, 9.17) is 16.2 Å². The first-order chi connectivity index (χ1) is 9.97. The number of carbonyl (C=O) groups is 2. The molecular formula is C14H18N4O3. The van der Waals surface area contributed by atoms with Gasteiger partial charge in [-0.2, -0.15) is 0 Å². The van der Waals surface area contributed by atoms with Gasteiger partial charge in [0.2, 0.25) is 5.91 Å². The number of nitrogen functional groups attached to an aromatic ring is 1. The molecule has 4 N–H and O–H groups in total. The zero-order valence-corrected chi connectivity index (χ0v) is 11.6. The van der Waals surface area contributed by atoms with E-state index in [0.29, 0.717) is 31.7 Å². The van der Waals surface area contributed by atoms with Crippen molar-refractivity contribution in [2.24, 2.45) is 5.73 Å². The van der Waals surface area contributed by atoms with E-state index in [1.807, 2.05) is 0 Å². The Labute approximate surface area is 122 Å². The lowest BCUT2D eigenvalue weighted by atomic mass is 10.1. The molecule has 2 rings (SSSR count). The molecule has 0 saturated carbocycles. The van der Waals surface area contributed by atoms with E-state index >= 15 is 0 Å². The lowest BCUT2D eigenvalue weighted by Gasteiger charge is -2.33. The number of nitrogens with one attached hydrogen (secondary N) is 1. The molecule has 1 aliphatic heterocycles. The number of benzene rings is 1. The zero-order chi connectivity index (χ0) is 15.4. The van der Waals surface area contributed by atoms with Crippen molar-refractivity contribution in [2.45, 2.75) is 6.42 Å². The van der Waals surface area contributed by atoms with Crippen molar-refractivity contribution in [3.8, 4) is 0 Å². The van der Waals surface area contributed by atoms with E-state index in [1.54, 1.807) is 29.2 Å². The van der Waals surface area contributed by atoms with Gasteiger partial charge in [-0.25, -0.2) is 4.79 Å². The van der Waals surface area contributed by atoms with Gasteiger partial charge in [0, 0.05) is 31.7 Å². The number of amidine groups is 1.